The maximum Gasteiger partial charge on any atom is 0.287 e. The quantitative estimate of drug-likeness (QED) is 0.661. The standard InChI is InChI=1S/C14H19N3O4/c1-2-20-12-8-11(14(12)6-3-7-21-14)16-13-5-4-10(9-15-13)17(18)19/h4-5,9,11-12H,2-3,6-8H2,1H3,(H,15,16). The van der Waals surface area contributed by atoms with Gasteiger partial charge in [0.15, 0.2) is 0 Å². The van der Waals surface area contributed by atoms with Gasteiger partial charge in [0, 0.05) is 19.3 Å². The number of nitrogens with one attached hydrogen (secondary N) is 1. The molecule has 1 saturated carbocycles. The summed E-state index contributed by atoms with van der Waals surface area (Å²) in [5.74, 6) is 0.635. The minimum absolute atomic E-state index is 0.00631. The summed E-state index contributed by atoms with van der Waals surface area (Å²) < 4.78 is 11.7. The number of rotatable bonds is 5. The number of anilines is 1. The Morgan fingerprint density at radius 1 is 1.62 bits per heavy atom. The van der Waals surface area contributed by atoms with Crippen molar-refractivity contribution in [2.75, 3.05) is 18.5 Å². The fraction of sp³-hybridized carbons (Fsp3) is 0.643. The first-order valence-electron chi connectivity index (χ1n) is 7.28. The molecule has 3 unspecified atom stereocenters. The number of aromatic nitrogens is 1. The van der Waals surface area contributed by atoms with E-state index in [0.29, 0.717) is 12.4 Å². The van der Waals surface area contributed by atoms with Gasteiger partial charge < -0.3 is 14.8 Å². The third-order valence-corrected chi connectivity index (χ3v) is 4.32. The van der Waals surface area contributed by atoms with E-state index in [0.717, 1.165) is 25.9 Å². The van der Waals surface area contributed by atoms with E-state index in [2.05, 4.69) is 10.3 Å². The molecule has 0 bridgehead atoms. The molecule has 1 N–H and O–H groups in total. The summed E-state index contributed by atoms with van der Waals surface area (Å²) in [4.78, 5) is 14.3. The molecule has 0 aromatic carbocycles. The van der Waals surface area contributed by atoms with E-state index in [1.807, 2.05) is 6.92 Å². The van der Waals surface area contributed by atoms with Gasteiger partial charge in [0.1, 0.15) is 17.6 Å². The van der Waals surface area contributed by atoms with E-state index in [9.17, 15) is 10.1 Å². The van der Waals surface area contributed by atoms with Crippen molar-refractivity contribution in [1.29, 1.82) is 0 Å². The lowest BCUT2D eigenvalue weighted by atomic mass is 9.70. The summed E-state index contributed by atoms with van der Waals surface area (Å²) in [7, 11) is 0. The first kappa shape index (κ1) is 14.2. The lowest BCUT2D eigenvalue weighted by molar-refractivity contribution is -0.385. The van der Waals surface area contributed by atoms with Crippen LogP contribution in [-0.4, -0.2) is 40.9 Å². The number of hydrogen-bond acceptors (Lipinski definition) is 6. The van der Waals surface area contributed by atoms with E-state index in [-0.39, 0.29) is 23.4 Å². The molecule has 114 valence electrons. The van der Waals surface area contributed by atoms with Gasteiger partial charge in [0.25, 0.3) is 5.69 Å². The zero-order valence-corrected chi connectivity index (χ0v) is 11.9. The highest BCUT2D eigenvalue weighted by atomic mass is 16.6. The van der Waals surface area contributed by atoms with Crippen molar-refractivity contribution < 1.29 is 14.4 Å². The van der Waals surface area contributed by atoms with Crippen molar-refractivity contribution in [2.45, 2.75) is 43.9 Å². The normalized spacial score (nSPS) is 31.1. The molecule has 1 aliphatic heterocycles. The van der Waals surface area contributed by atoms with Gasteiger partial charge in [-0.15, -0.1) is 0 Å². The average Bonchev–Trinajstić information content (AvgIpc) is 2.99. The molecule has 21 heavy (non-hydrogen) atoms. The smallest absolute Gasteiger partial charge is 0.287 e. The van der Waals surface area contributed by atoms with Crippen molar-refractivity contribution in [3.8, 4) is 0 Å². The molecule has 1 spiro atoms. The molecule has 7 nitrogen and oxygen atoms in total. The third-order valence-electron chi connectivity index (χ3n) is 4.32. The van der Waals surface area contributed by atoms with Crippen LogP contribution in [0.15, 0.2) is 18.3 Å². The second-order valence-electron chi connectivity index (χ2n) is 5.44. The SMILES string of the molecule is CCOC1CC(Nc2ccc([N+](=O)[O-])cn2)C12CCCO2. The van der Waals surface area contributed by atoms with E-state index >= 15 is 0 Å². The van der Waals surface area contributed by atoms with E-state index in [1.165, 1.54) is 12.3 Å². The average molecular weight is 293 g/mol. The van der Waals surface area contributed by atoms with Crippen LogP contribution in [0.25, 0.3) is 0 Å². The summed E-state index contributed by atoms with van der Waals surface area (Å²) in [5.41, 5.74) is -0.271. The number of nitro groups is 1. The molecule has 7 heteroatoms. The molecule has 1 aromatic rings. The van der Waals surface area contributed by atoms with Crippen LogP contribution in [0.2, 0.25) is 0 Å². The van der Waals surface area contributed by atoms with Crippen LogP contribution in [0.1, 0.15) is 26.2 Å². The first-order chi connectivity index (χ1) is 10.2. The minimum Gasteiger partial charge on any atom is -0.375 e. The molecular weight excluding hydrogens is 274 g/mol. The van der Waals surface area contributed by atoms with Crippen molar-refractivity contribution in [2.24, 2.45) is 0 Å². The first-order valence-corrected chi connectivity index (χ1v) is 7.28. The Morgan fingerprint density at radius 3 is 3.05 bits per heavy atom. The highest BCUT2D eigenvalue weighted by Crippen LogP contribution is 2.46. The molecular formula is C14H19N3O4. The number of hydrogen-bond donors (Lipinski definition) is 1. The van der Waals surface area contributed by atoms with Gasteiger partial charge in [-0.3, -0.25) is 10.1 Å². The lowest BCUT2D eigenvalue weighted by Crippen LogP contribution is -2.66. The summed E-state index contributed by atoms with van der Waals surface area (Å²) in [6.07, 6.45) is 4.27. The summed E-state index contributed by atoms with van der Waals surface area (Å²) >= 11 is 0. The summed E-state index contributed by atoms with van der Waals surface area (Å²) in [5, 5.41) is 14.0. The number of pyridine rings is 1. The zero-order valence-electron chi connectivity index (χ0n) is 11.9. The molecule has 0 amide bonds. The highest BCUT2D eigenvalue weighted by Gasteiger charge is 2.58. The predicted octanol–water partition coefficient (Wildman–Crippen LogP) is 2.13. The molecule has 1 saturated heterocycles. The second kappa shape index (κ2) is 5.57. The predicted molar refractivity (Wildman–Crippen MR) is 76.3 cm³/mol. The topological polar surface area (TPSA) is 86.5 Å². The van der Waals surface area contributed by atoms with Gasteiger partial charge in [-0.1, -0.05) is 0 Å². The number of nitrogens with zero attached hydrogens (tertiary/aromatic N) is 2. The van der Waals surface area contributed by atoms with Gasteiger partial charge in [0.2, 0.25) is 0 Å². The van der Waals surface area contributed by atoms with Crippen LogP contribution in [-0.2, 0) is 9.47 Å². The second-order valence-corrected chi connectivity index (χ2v) is 5.44. The maximum atomic E-state index is 10.6. The molecule has 0 radical (unpaired) electrons. The van der Waals surface area contributed by atoms with Crippen LogP contribution in [0.5, 0.6) is 0 Å². The van der Waals surface area contributed by atoms with Gasteiger partial charge in [-0.25, -0.2) is 4.98 Å². The maximum absolute atomic E-state index is 10.6. The highest BCUT2D eigenvalue weighted by molar-refractivity contribution is 5.43. The van der Waals surface area contributed by atoms with Gasteiger partial charge in [0.05, 0.1) is 17.1 Å². The van der Waals surface area contributed by atoms with Gasteiger partial charge >= 0.3 is 0 Å². The summed E-state index contributed by atoms with van der Waals surface area (Å²) in [6, 6.07) is 3.23. The zero-order chi connectivity index (χ0) is 14.9. The minimum atomic E-state index is -0.452. The Hall–Kier alpha value is -1.73. The van der Waals surface area contributed by atoms with Crippen LogP contribution in [0.3, 0.4) is 0 Å². The fourth-order valence-electron chi connectivity index (χ4n) is 3.24. The Morgan fingerprint density at radius 2 is 2.48 bits per heavy atom. The molecule has 1 aliphatic carbocycles. The Balaban J connectivity index is 1.69. The molecule has 2 aliphatic rings. The molecule has 3 rings (SSSR count). The van der Waals surface area contributed by atoms with Crippen LogP contribution < -0.4 is 5.32 Å². The monoisotopic (exact) mass is 293 g/mol. The Bertz CT molecular complexity index is 513. The van der Waals surface area contributed by atoms with Gasteiger partial charge in [-0.05, 0) is 32.3 Å². The van der Waals surface area contributed by atoms with Crippen LogP contribution in [0, 0.1) is 10.1 Å². The third kappa shape index (κ3) is 2.47. The Kier molecular flexibility index (Phi) is 3.77. The van der Waals surface area contributed by atoms with Crippen LogP contribution in [0.4, 0.5) is 11.5 Å². The van der Waals surface area contributed by atoms with E-state index in [1.54, 1.807) is 6.07 Å². The van der Waals surface area contributed by atoms with Crippen molar-refractivity contribution in [3.05, 3.63) is 28.4 Å². The lowest BCUT2D eigenvalue weighted by Gasteiger charge is -2.52. The molecule has 2 fully saturated rings. The molecule has 2 heterocycles. The number of ether oxygens (including phenoxy) is 2. The largest absolute Gasteiger partial charge is 0.375 e. The molecule has 3 atom stereocenters. The van der Waals surface area contributed by atoms with Crippen LogP contribution >= 0.6 is 0 Å². The fourth-order valence-corrected chi connectivity index (χ4v) is 3.24. The van der Waals surface area contributed by atoms with E-state index < -0.39 is 4.92 Å². The van der Waals surface area contributed by atoms with Crippen molar-refractivity contribution in [3.63, 3.8) is 0 Å². The van der Waals surface area contributed by atoms with Gasteiger partial charge in [-0.2, -0.15) is 0 Å². The van der Waals surface area contributed by atoms with Crippen molar-refractivity contribution >= 4 is 11.5 Å². The molecule has 1 aromatic heterocycles. The summed E-state index contributed by atoms with van der Waals surface area (Å²) in [6.45, 7) is 3.43. The van der Waals surface area contributed by atoms with E-state index in [4.69, 9.17) is 9.47 Å². The van der Waals surface area contributed by atoms with Crippen molar-refractivity contribution in [1.82, 2.24) is 4.98 Å². The Labute approximate surface area is 122 Å².